The molecule has 0 radical (unpaired) electrons. The van der Waals surface area contributed by atoms with Crippen LogP contribution in [0, 0.1) is 0 Å². The largest absolute Gasteiger partial charge is 0.497 e. The number of thiocarbonyl (C=S) groups is 1. The molecule has 1 aromatic rings. The Morgan fingerprint density at radius 2 is 1.82 bits per heavy atom. The molecule has 1 saturated heterocycles. The Bertz CT molecular complexity index is 459. The monoisotopic (exact) mass is 323 g/mol. The van der Waals surface area contributed by atoms with Gasteiger partial charge in [0.15, 0.2) is 5.11 Å². The van der Waals surface area contributed by atoms with Crippen LogP contribution in [0.3, 0.4) is 0 Å². The van der Waals surface area contributed by atoms with Crippen LogP contribution in [0.2, 0.25) is 0 Å². The summed E-state index contributed by atoms with van der Waals surface area (Å²) in [6, 6.07) is 8.22. The van der Waals surface area contributed by atoms with Crippen LogP contribution in [0.1, 0.15) is 6.42 Å². The zero-order valence-corrected chi connectivity index (χ0v) is 14.2. The van der Waals surface area contributed by atoms with Gasteiger partial charge in [-0.2, -0.15) is 0 Å². The van der Waals surface area contributed by atoms with Gasteiger partial charge in [-0.1, -0.05) is 0 Å². The van der Waals surface area contributed by atoms with E-state index in [1.54, 1.807) is 14.2 Å². The number of piperazine rings is 1. The summed E-state index contributed by atoms with van der Waals surface area (Å²) in [5, 5.41) is 4.15. The molecule has 0 aliphatic carbocycles. The molecule has 22 heavy (non-hydrogen) atoms. The van der Waals surface area contributed by atoms with Gasteiger partial charge in [0.1, 0.15) is 5.75 Å². The number of nitrogens with zero attached hydrogens (tertiary/aromatic N) is 2. The van der Waals surface area contributed by atoms with E-state index in [0.717, 1.165) is 56.6 Å². The van der Waals surface area contributed by atoms with E-state index < -0.39 is 0 Å². The number of hydrogen-bond donors (Lipinski definition) is 1. The second kappa shape index (κ2) is 8.80. The predicted octanol–water partition coefficient (Wildman–Crippen LogP) is 1.73. The van der Waals surface area contributed by atoms with Crippen LogP contribution in [-0.4, -0.2) is 63.6 Å². The van der Waals surface area contributed by atoms with Crippen molar-refractivity contribution in [1.29, 1.82) is 0 Å². The molecule has 0 spiro atoms. The Hall–Kier alpha value is -1.53. The van der Waals surface area contributed by atoms with E-state index in [1.807, 2.05) is 12.1 Å². The lowest BCUT2D eigenvalue weighted by Crippen LogP contribution is -2.51. The normalized spacial score (nSPS) is 14.8. The smallest absolute Gasteiger partial charge is 0.169 e. The highest BCUT2D eigenvalue weighted by molar-refractivity contribution is 7.80. The number of ether oxygens (including phenoxy) is 2. The van der Waals surface area contributed by atoms with Gasteiger partial charge in [0.2, 0.25) is 0 Å². The van der Waals surface area contributed by atoms with Crippen LogP contribution in [0.15, 0.2) is 24.3 Å². The number of nitrogens with one attached hydrogen (secondary N) is 1. The molecule has 1 fully saturated rings. The van der Waals surface area contributed by atoms with Gasteiger partial charge in [-0.3, -0.25) is 0 Å². The summed E-state index contributed by atoms with van der Waals surface area (Å²) in [7, 11) is 3.41. The minimum Gasteiger partial charge on any atom is -0.497 e. The van der Waals surface area contributed by atoms with E-state index in [9.17, 15) is 0 Å². The first kappa shape index (κ1) is 16.8. The summed E-state index contributed by atoms with van der Waals surface area (Å²) in [4.78, 5) is 4.62. The standard InChI is InChI=1S/C16H25N3O2S/c1-20-13-3-8-17-16(22)19-11-9-18(10-12-19)14-4-6-15(21-2)7-5-14/h4-7H,3,8-13H2,1-2H3,(H,17,22). The van der Waals surface area contributed by atoms with Crippen LogP contribution in [0.25, 0.3) is 0 Å². The highest BCUT2D eigenvalue weighted by atomic mass is 32.1. The summed E-state index contributed by atoms with van der Waals surface area (Å²) in [6.07, 6.45) is 0.975. The molecule has 1 N–H and O–H groups in total. The summed E-state index contributed by atoms with van der Waals surface area (Å²) in [5.74, 6) is 0.892. The maximum Gasteiger partial charge on any atom is 0.169 e. The van der Waals surface area contributed by atoms with Gasteiger partial charge in [-0.05, 0) is 42.9 Å². The Balaban J connectivity index is 1.75. The van der Waals surface area contributed by atoms with Crippen molar-refractivity contribution < 1.29 is 9.47 Å². The average molecular weight is 323 g/mol. The van der Waals surface area contributed by atoms with Gasteiger partial charge in [0.05, 0.1) is 7.11 Å². The summed E-state index contributed by atoms with van der Waals surface area (Å²) in [6.45, 7) is 5.48. The van der Waals surface area contributed by atoms with Crippen molar-refractivity contribution >= 4 is 23.0 Å². The Morgan fingerprint density at radius 3 is 2.41 bits per heavy atom. The number of benzene rings is 1. The second-order valence-corrected chi connectivity index (χ2v) is 5.64. The molecule has 1 aliphatic rings. The number of anilines is 1. The van der Waals surface area contributed by atoms with E-state index in [2.05, 4.69) is 27.2 Å². The fourth-order valence-electron chi connectivity index (χ4n) is 2.48. The van der Waals surface area contributed by atoms with E-state index in [4.69, 9.17) is 21.7 Å². The minimum absolute atomic E-state index is 0.765. The predicted molar refractivity (Wildman–Crippen MR) is 93.9 cm³/mol. The second-order valence-electron chi connectivity index (χ2n) is 5.25. The summed E-state index contributed by atoms with van der Waals surface area (Å²) in [5.41, 5.74) is 1.24. The SMILES string of the molecule is COCCCNC(=S)N1CCN(c2ccc(OC)cc2)CC1. The van der Waals surface area contributed by atoms with Gasteiger partial charge >= 0.3 is 0 Å². The van der Waals surface area contributed by atoms with Crippen molar-refractivity contribution in [3.8, 4) is 5.75 Å². The Kier molecular flexibility index (Phi) is 6.74. The van der Waals surface area contributed by atoms with Crippen molar-refractivity contribution in [2.45, 2.75) is 6.42 Å². The molecular formula is C16H25N3O2S. The summed E-state index contributed by atoms with van der Waals surface area (Å²) < 4.78 is 10.2. The third-order valence-electron chi connectivity index (χ3n) is 3.81. The molecule has 5 nitrogen and oxygen atoms in total. The van der Waals surface area contributed by atoms with Crippen LogP contribution in [0.4, 0.5) is 5.69 Å². The first-order valence-corrected chi connectivity index (χ1v) is 8.06. The molecular weight excluding hydrogens is 298 g/mol. The molecule has 0 amide bonds. The number of rotatable bonds is 6. The van der Waals surface area contributed by atoms with Gasteiger partial charge in [-0.25, -0.2) is 0 Å². The van der Waals surface area contributed by atoms with Crippen LogP contribution >= 0.6 is 12.2 Å². The Morgan fingerprint density at radius 1 is 1.14 bits per heavy atom. The van der Waals surface area contributed by atoms with Crippen molar-refractivity contribution in [2.24, 2.45) is 0 Å². The molecule has 2 rings (SSSR count). The van der Waals surface area contributed by atoms with Crippen LogP contribution in [0.5, 0.6) is 5.75 Å². The van der Waals surface area contributed by atoms with Crippen molar-refractivity contribution in [2.75, 3.05) is 58.5 Å². The minimum atomic E-state index is 0.765. The van der Waals surface area contributed by atoms with Gasteiger partial charge in [0, 0.05) is 52.1 Å². The van der Waals surface area contributed by atoms with Crippen LogP contribution < -0.4 is 15.0 Å². The molecule has 0 bridgehead atoms. The lowest BCUT2D eigenvalue weighted by atomic mass is 10.2. The maximum absolute atomic E-state index is 5.45. The fraction of sp³-hybridized carbons (Fsp3) is 0.562. The van der Waals surface area contributed by atoms with Crippen molar-refractivity contribution in [3.63, 3.8) is 0 Å². The van der Waals surface area contributed by atoms with E-state index >= 15 is 0 Å². The third kappa shape index (κ3) is 4.74. The molecule has 122 valence electrons. The molecule has 1 aliphatic heterocycles. The highest BCUT2D eigenvalue weighted by Gasteiger charge is 2.18. The number of hydrogen-bond acceptors (Lipinski definition) is 4. The quantitative estimate of drug-likeness (QED) is 0.635. The lowest BCUT2D eigenvalue weighted by molar-refractivity contribution is 0.195. The highest BCUT2D eigenvalue weighted by Crippen LogP contribution is 2.20. The molecule has 0 atom stereocenters. The topological polar surface area (TPSA) is 37.0 Å². The number of methoxy groups -OCH3 is 2. The fourth-order valence-corrected chi connectivity index (χ4v) is 2.77. The molecule has 1 aromatic carbocycles. The van der Waals surface area contributed by atoms with Crippen molar-refractivity contribution in [1.82, 2.24) is 10.2 Å². The Labute approximate surface area is 138 Å². The van der Waals surface area contributed by atoms with E-state index in [-0.39, 0.29) is 0 Å². The molecule has 0 aromatic heterocycles. The first-order valence-electron chi connectivity index (χ1n) is 7.65. The van der Waals surface area contributed by atoms with Gasteiger partial charge in [0.25, 0.3) is 0 Å². The van der Waals surface area contributed by atoms with Crippen molar-refractivity contribution in [3.05, 3.63) is 24.3 Å². The average Bonchev–Trinajstić information content (AvgIpc) is 2.59. The molecule has 1 heterocycles. The van der Waals surface area contributed by atoms with Gasteiger partial charge < -0.3 is 24.6 Å². The van der Waals surface area contributed by atoms with E-state index in [1.165, 1.54) is 5.69 Å². The zero-order chi connectivity index (χ0) is 15.8. The maximum atomic E-state index is 5.45. The molecule has 0 saturated carbocycles. The van der Waals surface area contributed by atoms with E-state index in [0.29, 0.717) is 0 Å². The van der Waals surface area contributed by atoms with Gasteiger partial charge in [-0.15, -0.1) is 0 Å². The third-order valence-corrected chi connectivity index (χ3v) is 4.21. The summed E-state index contributed by atoms with van der Waals surface area (Å²) >= 11 is 5.45. The zero-order valence-electron chi connectivity index (χ0n) is 13.4. The molecule has 0 unspecified atom stereocenters. The lowest BCUT2D eigenvalue weighted by Gasteiger charge is -2.37. The molecule has 6 heteroatoms. The first-order chi connectivity index (χ1) is 10.7. The van der Waals surface area contributed by atoms with Crippen LogP contribution in [-0.2, 0) is 4.74 Å².